The molecule has 108 valence electrons. The predicted molar refractivity (Wildman–Crippen MR) is 82.1 cm³/mol. The number of hydrogen-bond acceptors (Lipinski definition) is 4. The standard InChI is InChI=1S/C13H16BrN3O2S/c1-7(2)17-12(19)15-16-13(17)20-11-5-4-9(8(3)18)6-10(11)14/h4-8,18H,1-3H3,(H,15,19)/t8-/m1/s1. The zero-order valence-corrected chi connectivity index (χ0v) is 13.8. The topological polar surface area (TPSA) is 70.9 Å². The van der Waals surface area contributed by atoms with E-state index in [-0.39, 0.29) is 11.7 Å². The maximum absolute atomic E-state index is 11.7. The molecule has 1 aromatic heterocycles. The Balaban J connectivity index is 2.34. The fourth-order valence-electron chi connectivity index (χ4n) is 1.78. The third-order valence-electron chi connectivity index (χ3n) is 2.83. The molecule has 0 saturated heterocycles. The number of aromatic amines is 1. The molecule has 2 N–H and O–H groups in total. The lowest BCUT2D eigenvalue weighted by molar-refractivity contribution is 0.199. The van der Waals surface area contributed by atoms with Crippen molar-refractivity contribution in [1.29, 1.82) is 0 Å². The summed E-state index contributed by atoms with van der Waals surface area (Å²) in [6.45, 7) is 5.60. The number of nitrogens with zero attached hydrogens (tertiary/aromatic N) is 2. The van der Waals surface area contributed by atoms with Crippen LogP contribution in [0.5, 0.6) is 0 Å². The van der Waals surface area contributed by atoms with Crippen molar-refractivity contribution in [2.24, 2.45) is 0 Å². The van der Waals surface area contributed by atoms with Crippen molar-refractivity contribution in [2.45, 2.75) is 43.0 Å². The second-order valence-electron chi connectivity index (χ2n) is 4.74. The normalized spacial score (nSPS) is 12.9. The second kappa shape index (κ2) is 6.15. The van der Waals surface area contributed by atoms with Crippen LogP contribution in [0.1, 0.15) is 38.5 Å². The molecule has 0 aliphatic carbocycles. The van der Waals surface area contributed by atoms with Crippen molar-refractivity contribution < 1.29 is 5.11 Å². The average Bonchev–Trinajstić information content (AvgIpc) is 2.72. The molecular weight excluding hydrogens is 342 g/mol. The molecule has 0 aliphatic rings. The van der Waals surface area contributed by atoms with Gasteiger partial charge in [0.15, 0.2) is 5.16 Å². The van der Waals surface area contributed by atoms with E-state index < -0.39 is 6.10 Å². The van der Waals surface area contributed by atoms with E-state index in [9.17, 15) is 9.90 Å². The summed E-state index contributed by atoms with van der Waals surface area (Å²) in [4.78, 5) is 12.6. The first-order valence-corrected chi connectivity index (χ1v) is 7.83. The van der Waals surface area contributed by atoms with Gasteiger partial charge in [0.25, 0.3) is 0 Å². The van der Waals surface area contributed by atoms with Gasteiger partial charge in [-0.1, -0.05) is 6.07 Å². The van der Waals surface area contributed by atoms with Crippen molar-refractivity contribution in [2.75, 3.05) is 0 Å². The van der Waals surface area contributed by atoms with E-state index in [0.717, 1.165) is 14.9 Å². The van der Waals surface area contributed by atoms with Gasteiger partial charge in [-0.2, -0.15) is 0 Å². The molecule has 0 saturated carbocycles. The lowest BCUT2D eigenvalue weighted by Crippen LogP contribution is -2.19. The first kappa shape index (κ1) is 15.3. The number of aliphatic hydroxyl groups is 1. The number of rotatable bonds is 4. The van der Waals surface area contributed by atoms with Gasteiger partial charge >= 0.3 is 5.69 Å². The van der Waals surface area contributed by atoms with Crippen LogP contribution < -0.4 is 5.69 Å². The van der Waals surface area contributed by atoms with E-state index in [1.165, 1.54) is 11.8 Å². The fraction of sp³-hybridized carbons (Fsp3) is 0.385. The number of hydrogen-bond donors (Lipinski definition) is 2. The minimum absolute atomic E-state index is 0.0410. The van der Waals surface area contributed by atoms with E-state index in [0.29, 0.717) is 5.16 Å². The molecule has 0 fully saturated rings. The predicted octanol–water partition coefficient (Wildman–Crippen LogP) is 3.12. The van der Waals surface area contributed by atoms with Gasteiger partial charge in [0.1, 0.15) is 0 Å². The summed E-state index contributed by atoms with van der Waals surface area (Å²) in [6.07, 6.45) is -0.510. The molecule has 0 unspecified atom stereocenters. The fourth-order valence-corrected chi connectivity index (χ4v) is 3.39. The number of H-pyrrole nitrogens is 1. The number of aromatic nitrogens is 3. The molecule has 20 heavy (non-hydrogen) atoms. The lowest BCUT2D eigenvalue weighted by Gasteiger charge is -2.11. The number of benzene rings is 1. The maximum Gasteiger partial charge on any atom is 0.344 e. The summed E-state index contributed by atoms with van der Waals surface area (Å²) in [6, 6.07) is 5.68. The van der Waals surface area contributed by atoms with Gasteiger partial charge in [-0.3, -0.25) is 4.57 Å². The average molecular weight is 358 g/mol. The molecule has 7 heteroatoms. The SMILES string of the molecule is CC(C)n1c(Sc2ccc([C@@H](C)O)cc2Br)n[nH]c1=O. The van der Waals surface area contributed by atoms with Crippen molar-refractivity contribution in [1.82, 2.24) is 14.8 Å². The Bertz CT molecular complexity index is 664. The van der Waals surface area contributed by atoms with Gasteiger partial charge in [0.05, 0.1) is 6.10 Å². The Hall–Kier alpha value is -1.05. The van der Waals surface area contributed by atoms with Gasteiger partial charge in [-0.15, -0.1) is 5.10 Å². The first-order chi connectivity index (χ1) is 9.40. The largest absolute Gasteiger partial charge is 0.389 e. The summed E-state index contributed by atoms with van der Waals surface area (Å²) < 4.78 is 2.48. The molecule has 2 rings (SSSR count). The second-order valence-corrected chi connectivity index (χ2v) is 6.61. The highest BCUT2D eigenvalue weighted by molar-refractivity contribution is 9.10. The van der Waals surface area contributed by atoms with Gasteiger partial charge in [-0.25, -0.2) is 9.89 Å². The molecule has 5 nitrogen and oxygen atoms in total. The van der Waals surface area contributed by atoms with Gasteiger partial charge in [-0.05, 0) is 66.2 Å². The van der Waals surface area contributed by atoms with Gasteiger partial charge in [0.2, 0.25) is 0 Å². The Morgan fingerprint density at radius 1 is 1.40 bits per heavy atom. The van der Waals surface area contributed by atoms with Crippen LogP contribution in [-0.2, 0) is 0 Å². The molecule has 2 aromatic rings. The van der Waals surface area contributed by atoms with Crippen LogP contribution in [0.15, 0.2) is 37.5 Å². The number of nitrogens with one attached hydrogen (secondary N) is 1. The molecular formula is C13H16BrN3O2S. The molecule has 0 spiro atoms. The Morgan fingerprint density at radius 2 is 2.10 bits per heavy atom. The third-order valence-corrected chi connectivity index (χ3v) is 4.79. The summed E-state index contributed by atoms with van der Waals surface area (Å²) >= 11 is 4.89. The minimum Gasteiger partial charge on any atom is -0.389 e. The zero-order chi connectivity index (χ0) is 14.9. The molecule has 1 aromatic carbocycles. The summed E-state index contributed by atoms with van der Waals surface area (Å²) in [7, 11) is 0. The van der Waals surface area contributed by atoms with E-state index in [1.807, 2.05) is 32.0 Å². The monoisotopic (exact) mass is 357 g/mol. The molecule has 0 bridgehead atoms. The van der Waals surface area contributed by atoms with Crippen molar-refractivity contribution in [3.63, 3.8) is 0 Å². The molecule has 0 amide bonds. The minimum atomic E-state index is -0.510. The summed E-state index contributed by atoms with van der Waals surface area (Å²) in [5.74, 6) is 0. The smallest absolute Gasteiger partial charge is 0.344 e. The highest BCUT2D eigenvalue weighted by Crippen LogP contribution is 2.34. The van der Waals surface area contributed by atoms with E-state index in [4.69, 9.17) is 0 Å². The highest BCUT2D eigenvalue weighted by atomic mass is 79.9. The summed E-state index contributed by atoms with van der Waals surface area (Å²) in [5.41, 5.74) is 0.628. The third kappa shape index (κ3) is 3.16. The van der Waals surface area contributed by atoms with Crippen LogP contribution in [0.4, 0.5) is 0 Å². The lowest BCUT2D eigenvalue weighted by atomic mass is 10.1. The van der Waals surface area contributed by atoms with Crippen molar-refractivity contribution >= 4 is 27.7 Å². The van der Waals surface area contributed by atoms with Gasteiger partial charge in [0, 0.05) is 15.4 Å². The van der Waals surface area contributed by atoms with Crippen LogP contribution in [0.25, 0.3) is 0 Å². The van der Waals surface area contributed by atoms with Crippen molar-refractivity contribution in [3.05, 3.63) is 38.7 Å². The Kier molecular flexibility index (Phi) is 4.72. The Labute approximate surface area is 129 Å². The van der Waals surface area contributed by atoms with Crippen LogP contribution in [0, 0.1) is 0 Å². The molecule has 1 atom stereocenters. The number of halogens is 1. The van der Waals surface area contributed by atoms with Crippen molar-refractivity contribution in [3.8, 4) is 0 Å². The highest BCUT2D eigenvalue weighted by Gasteiger charge is 2.14. The van der Waals surface area contributed by atoms with E-state index in [1.54, 1.807) is 11.5 Å². The summed E-state index contributed by atoms with van der Waals surface area (Å²) in [5, 5.41) is 16.7. The quantitative estimate of drug-likeness (QED) is 0.881. The number of aliphatic hydroxyl groups excluding tert-OH is 1. The first-order valence-electron chi connectivity index (χ1n) is 6.22. The molecule has 0 aliphatic heterocycles. The molecule has 0 radical (unpaired) electrons. The van der Waals surface area contributed by atoms with E-state index in [2.05, 4.69) is 26.1 Å². The molecule has 1 heterocycles. The zero-order valence-electron chi connectivity index (χ0n) is 11.4. The van der Waals surface area contributed by atoms with Gasteiger partial charge < -0.3 is 5.11 Å². The van der Waals surface area contributed by atoms with Crippen LogP contribution in [0.3, 0.4) is 0 Å². The van der Waals surface area contributed by atoms with Crippen LogP contribution in [-0.4, -0.2) is 19.9 Å². The Morgan fingerprint density at radius 3 is 2.65 bits per heavy atom. The van der Waals surface area contributed by atoms with E-state index >= 15 is 0 Å². The van der Waals surface area contributed by atoms with Crippen LogP contribution >= 0.6 is 27.7 Å². The van der Waals surface area contributed by atoms with Crippen LogP contribution in [0.2, 0.25) is 0 Å². The maximum atomic E-state index is 11.7.